The van der Waals surface area contributed by atoms with Crippen molar-refractivity contribution in [3.05, 3.63) is 55.1 Å². The number of nitrogens with two attached hydrogens (primary N) is 1. The lowest BCUT2D eigenvalue weighted by molar-refractivity contribution is -0.383. The number of hydrogen-bond donors (Lipinski definition) is 4. The highest BCUT2D eigenvalue weighted by Crippen LogP contribution is 2.51. The van der Waals surface area contributed by atoms with Crippen LogP contribution in [-0.4, -0.2) is 32.7 Å². The van der Waals surface area contributed by atoms with Gasteiger partial charge in [-0.1, -0.05) is 19.1 Å². The van der Waals surface area contributed by atoms with Crippen molar-refractivity contribution in [2.45, 2.75) is 24.0 Å². The quantitative estimate of drug-likeness (QED) is 0.137. The van der Waals surface area contributed by atoms with E-state index in [9.17, 15) is 42.5 Å². The Morgan fingerprint density at radius 2 is 1.97 bits per heavy atom. The Hall–Kier alpha value is -2.90. The molecule has 1 unspecified atom stereocenters. The zero-order valence-corrected chi connectivity index (χ0v) is 16.9. The molecule has 1 aromatic heterocycles. The Labute approximate surface area is 167 Å². The van der Waals surface area contributed by atoms with Crippen molar-refractivity contribution in [3.8, 4) is 0 Å². The smallest absolute Gasteiger partial charge is 0.323 e. The number of rotatable bonds is 5. The maximum absolute atomic E-state index is 12.6. The number of non-ortho nitro benzene ring substituents is 1. The summed E-state index contributed by atoms with van der Waals surface area (Å²) in [5, 5.41) is 16.1. The molecule has 3 aromatic rings. The van der Waals surface area contributed by atoms with Crippen LogP contribution in [0, 0.1) is 10.1 Å². The van der Waals surface area contributed by atoms with Gasteiger partial charge in [0.05, 0.1) is 26.2 Å². The number of hydrogen-bond acceptors (Lipinski definition) is 7. The second-order valence-electron chi connectivity index (χ2n) is 6.38. The second-order valence-corrected chi connectivity index (χ2v) is 9.68. The number of nitro groups is 1. The highest BCUT2D eigenvalue weighted by Gasteiger charge is 2.33. The number of H-pyrrole nitrogens is 1. The number of aromatic amines is 1. The summed E-state index contributed by atoms with van der Waals surface area (Å²) in [6, 6.07) is 4.25. The molecule has 13 nitrogen and oxygen atoms in total. The van der Waals surface area contributed by atoms with E-state index in [0.29, 0.717) is 4.57 Å². The average Bonchev–Trinajstić information content (AvgIpc) is 2.62. The van der Waals surface area contributed by atoms with Crippen LogP contribution in [0.2, 0.25) is 0 Å². The van der Waals surface area contributed by atoms with E-state index < -0.39 is 55.4 Å². The highest BCUT2D eigenvalue weighted by atomic mass is 32.2. The largest absolute Gasteiger partial charge is 0.348 e. The van der Waals surface area contributed by atoms with E-state index in [1.54, 1.807) is 0 Å². The van der Waals surface area contributed by atoms with E-state index in [2.05, 4.69) is 4.98 Å². The topological polar surface area (TPSA) is 216 Å². The third-order valence-electron chi connectivity index (χ3n) is 4.53. The third kappa shape index (κ3) is 3.44. The van der Waals surface area contributed by atoms with Crippen molar-refractivity contribution in [1.29, 1.82) is 0 Å². The molecule has 0 aliphatic rings. The van der Waals surface area contributed by atoms with Crippen LogP contribution in [0.5, 0.6) is 0 Å². The van der Waals surface area contributed by atoms with Crippen molar-refractivity contribution in [1.82, 2.24) is 9.55 Å². The molecule has 2 aromatic carbocycles. The fourth-order valence-electron chi connectivity index (χ4n) is 3.39. The molecule has 0 amide bonds. The summed E-state index contributed by atoms with van der Waals surface area (Å²) in [4.78, 5) is 56.4. The molecule has 3 rings (SSSR count). The third-order valence-corrected chi connectivity index (χ3v) is 6.86. The van der Waals surface area contributed by atoms with E-state index in [1.165, 1.54) is 19.1 Å². The summed E-state index contributed by atoms with van der Waals surface area (Å²) in [7, 11) is -9.43. The number of aromatic nitrogens is 2. The van der Waals surface area contributed by atoms with Crippen LogP contribution in [0.25, 0.3) is 21.8 Å². The van der Waals surface area contributed by atoms with E-state index in [1.807, 2.05) is 0 Å². The number of nitro benzene ring substituents is 1. The van der Waals surface area contributed by atoms with Gasteiger partial charge in [0.25, 0.3) is 5.69 Å². The molecule has 15 heteroatoms. The predicted molar refractivity (Wildman–Crippen MR) is 106 cm³/mol. The lowest BCUT2D eigenvalue weighted by Gasteiger charge is -2.22. The molecule has 30 heavy (non-hydrogen) atoms. The summed E-state index contributed by atoms with van der Waals surface area (Å²) in [6.45, 7) is 1.37. The molecule has 0 aliphatic carbocycles. The van der Waals surface area contributed by atoms with Crippen molar-refractivity contribution >= 4 is 45.1 Å². The summed E-state index contributed by atoms with van der Waals surface area (Å²) >= 11 is 0. The predicted octanol–water partition coefficient (Wildman–Crippen LogP) is 0.485. The van der Waals surface area contributed by atoms with Gasteiger partial charge in [-0.3, -0.25) is 28.8 Å². The Morgan fingerprint density at radius 1 is 1.33 bits per heavy atom. The zero-order valence-electron chi connectivity index (χ0n) is 15.2. The molecule has 0 fully saturated rings. The number of nitrogens with one attached hydrogen (secondary N) is 1. The molecule has 0 spiro atoms. The van der Waals surface area contributed by atoms with Gasteiger partial charge in [-0.05, 0) is 12.5 Å². The Morgan fingerprint density at radius 3 is 2.47 bits per heavy atom. The number of fused-ring (bicyclic) bond motifs is 3. The van der Waals surface area contributed by atoms with Gasteiger partial charge >= 0.3 is 18.7 Å². The molecule has 0 saturated carbocycles. The second kappa shape index (κ2) is 7.11. The van der Waals surface area contributed by atoms with Gasteiger partial charge in [-0.25, -0.2) is 13.6 Å². The van der Waals surface area contributed by atoms with Gasteiger partial charge in [-0.15, -0.1) is 0 Å². The van der Waals surface area contributed by atoms with Gasteiger partial charge in [0.1, 0.15) is 5.78 Å². The molecule has 0 bridgehead atoms. The Balaban J connectivity index is 2.77. The summed E-state index contributed by atoms with van der Waals surface area (Å²) < 4.78 is 36.6. The minimum Gasteiger partial charge on any atom is -0.323 e. The lowest BCUT2D eigenvalue weighted by atomic mass is 10.1. The molecule has 160 valence electrons. The molecule has 1 atom stereocenters. The SMILES string of the molecule is CCC(n1c(=O)c(=O)[nH]c2cc([N+](=O)[O-])c3c(S(N)(=O)=O)cccc3c21)P(=O)(O)O. The van der Waals surface area contributed by atoms with Gasteiger partial charge in [0.2, 0.25) is 10.0 Å². The lowest BCUT2D eigenvalue weighted by Crippen LogP contribution is -2.38. The Kier molecular flexibility index (Phi) is 5.16. The maximum Gasteiger partial charge on any atom is 0.348 e. The Bertz CT molecular complexity index is 1490. The molecule has 0 aliphatic heterocycles. The number of benzene rings is 2. The normalized spacial score (nSPS) is 13.6. The number of primary sulfonamides is 1. The van der Waals surface area contributed by atoms with Gasteiger partial charge in [0.15, 0.2) is 0 Å². The standard InChI is InChI=1S/C15H15N4O9PS/c1-2-11(29(24,25)26)18-13-7-4-3-5-10(30(16,27)28)12(7)9(19(22)23)6-8(13)17-14(20)15(18)21/h3-6,11H,2H2,1H3,(H,17,20)(H2,16,27,28)(H2,24,25,26). The van der Waals surface area contributed by atoms with E-state index in [0.717, 1.165) is 12.1 Å². The fourth-order valence-corrected chi connectivity index (χ4v) is 5.16. The van der Waals surface area contributed by atoms with Crippen molar-refractivity contribution in [2.24, 2.45) is 5.14 Å². The van der Waals surface area contributed by atoms with E-state index in [4.69, 9.17) is 5.14 Å². The first kappa shape index (κ1) is 21.8. The van der Waals surface area contributed by atoms with Crippen LogP contribution in [0.4, 0.5) is 5.69 Å². The van der Waals surface area contributed by atoms with Crippen LogP contribution in [0.3, 0.4) is 0 Å². The molecule has 0 radical (unpaired) electrons. The monoisotopic (exact) mass is 458 g/mol. The first-order valence-corrected chi connectivity index (χ1v) is 11.5. The molecular weight excluding hydrogens is 443 g/mol. The first-order chi connectivity index (χ1) is 13.8. The van der Waals surface area contributed by atoms with Crippen molar-refractivity contribution in [2.75, 3.05) is 0 Å². The minimum absolute atomic E-state index is 0.203. The first-order valence-electron chi connectivity index (χ1n) is 8.25. The summed E-state index contributed by atoms with van der Waals surface area (Å²) in [5.41, 5.74) is -3.86. The van der Waals surface area contributed by atoms with Crippen LogP contribution in [-0.2, 0) is 14.6 Å². The summed E-state index contributed by atoms with van der Waals surface area (Å²) in [6.07, 6.45) is -0.268. The fraction of sp³-hybridized carbons (Fsp3) is 0.200. The zero-order chi connectivity index (χ0) is 22.6. The molecule has 0 saturated heterocycles. The van der Waals surface area contributed by atoms with Crippen LogP contribution in [0.1, 0.15) is 19.1 Å². The van der Waals surface area contributed by atoms with Gasteiger partial charge < -0.3 is 14.8 Å². The van der Waals surface area contributed by atoms with Crippen LogP contribution < -0.4 is 16.3 Å². The summed E-state index contributed by atoms with van der Waals surface area (Å²) in [5.74, 6) is -1.77. The van der Waals surface area contributed by atoms with Crippen LogP contribution >= 0.6 is 7.60 Å². The van der Waals surface area contributed by atoms with Crippen molar-refractivity contribution < 1.29 is 27.7 Å². The van der Waals surface area contributed by atoms with Crippen LogP contribution in [0.15, 0.2) is 38.8 Å². The molecule has 5 N–H and O–H groups in total. The number of nitrogens with zero attached hydrogens (tertiary/aromatic N) is 2. The van der Waals surface area contributed by atoms with Crippen molar-refractivity contribution in [3.63, 3.8) is 0 Å². The number of sulfonamides is 1. The maximum atomic E-state index is 12.6. The molecular formula is C15H15N4O9PS. The average molecular weight is 458 g/mol. The van der Waals surface area contributed by atoms with E-state index >= 15 is 0 Å². The minimum atomic E-state index is -4.97. The highest BCUT2D eigenvalue weighted by molar-refractivity contribution is 7.89. The molecule has 1 heterocycles. The van der Waals surface area contributed by atoms with Gasteiger partial charge in [-0.2, -0.15) is 0 Å². The van der Waals surface area contributed by atoms with Gasteiger partial charge in [0, 0.05) is 11.5 Å². The van der Waals surface area contributed by atoms with E-state index in [-0.39, 0.29) is 22.8 Å².